The van der Waals surface area contributed by atoms with Gasteiger partial charge in [0.05, 0.1) is 11.4 Å². The molecule has 2 aromatic heterocycles. The van der Waals surface area contributed by atoms with Gasteiger partial charge in [0.25, 0.3) is 5.22 Å². The summed E-state index contributed by atoms with van der Waals surface area (Å²) in [7, 11) is 0. The second-order valence-electron chi connectivity index (χ2n) is 4.57. The first-order valence-electron chi connectivity index (χ1n) is 6.73. The molecular formula is C15H10BrFN4O2S. The quantitative estimate of drug-likeness (QED) is 0.647. The van der Waals surface area contributed by atoms with Crippen molar-refractivity contribution in [3.05, 3.63) is 53.0 Å². The Labute approximate surface area is 149 Å². The lowest BCUT2D eigenvalue weighted by atomic mass is 10.3. The zero-order chi connectivity index (χ0) is 16.9. The van der Waals surface area contributed by atoms with Crippen LogP contribution >= 0.6 is 27.7 Å². The molecule has 0 fully saturated rings. The van der Waals surface area contributed by atoms with E-state index in [1.807, 2.05) is 0 Å². The molecule has 0 aliphatic rings. The molecule has 0 radical (unpaired) electrons. The monoisotopic (exact) mass is 408 g/mol. The van der Waals surface area contributed by atoms with Crippen LogP contribution in [-0.2, 0) is 4.79 Å². The zero-order valence-corrected chi connectivity index (χ0v) is 14.5. The number of halogens is 2. The molecule has 1 aromatic carbocycles. The molecule has 0 saturated heterocycles. The highest BCUT2D eigenvalue weighted by molar-refractivity contribution is 9.10. The highest BCUT2D eigenvalue weighted by Crippen LogP contribution is 2.23. The predicted octanol–water partition coefficient (Wildman–Crippen LogP) is 3.76. The molecule has 1 N–H and O–H groups in total. The number of aromatic nitrogens is 3. The summed E-state index contributed by atoms with van der Waals surface area (Å²) in [6.07, 6.45) is 3.24. The molecule has 6 nitrogen and oxygen atoms in total. The van der Waals surface area contributed by atoms with Gasteiger partial charge in [-0.25, -0.2) is 4.39 Å². The molecular weight excluding hydrogens is 399 g/mol. The highest BCUT2D eigenvalue weighted by Gasteiger charge is 2.12. The first kappa shape index (κ1) is 16.6. The van der Waals surface area contributed by atoms with Crippen molar-refractivity contribution in [2.24, 2.45) is 0 Å². The van der Waals surface area contributed by atoms with Gasteiger partial charge in [0.2, 0.25) is 11.8 Å². The largest absolute Gasteiger partial charge is 0.411 e. The Balaban J connectivity index is 1.58. The van der Waals surface area contributed by atoms with Crippen LogP contribution in [0.1, 0.15) is 0 Å². The van der Waals surface area contributed by atoms with Crippen LogP contribution in [0.15, 0.2) is 56.8 Å². The number of pyridine rings is 1. The molecule has 9 heteroatoms. The molecule has 0 atom stereocenters. The zero-order valence-electron chi connectivity index (χ0n) is 12.1. The van der Waals surface area contributed by atoms with Crippen molar-refractivity contribution in [2.75, 3.05) is 11.1 Å². The maximum atomic E-state index is 13.7. The topological polar surface area (TPSA) is 80.9 Å². The third-order valence-electron chi connectivity index (χ3n) is 2.87. The predicted molar refractivity (Wildman–Crippen MR) is 91.0 cm³/mol. The van der Waals surface area contributed by atoms with Gasteiger partial charge >= 0.3 is 0 Å². The van der Waals surface area contributed by atoms with Crippen molar-refractivity contribution in [3.8, 4) is 11.5 Å². The van der Waals surface area contributed by atoms with E-state index in [1.54, 1.807) is 30.6 Å². The van der Waals surface area contributed by atoms with E-state index in [9.17, 15) is 9.18 Å². The molecule has 24 heavy (non-hydrogen) atoms. The lowest BCUT2D eigenvalue weighted by molar-refractivity contribution is -0.113. The van der Waals surface area contributed by atoms with E-state index in [0.717, 1.165) is 17.3 Å². The van der Waals surface area contributed by atoms with Crippen LogP contribution in [0.3, 0.4) is 0 Å². The summed E-state index contributed by atoms with van der Waals surface area (Å²) in [6, 6.07) is 7.89. The van der Waals surface area contributed by atoms with Crippen LogP contribution in [0.4, 0.5) is 10.1 Å². The fourth-order valence-electron chi connectivity index (χ4n) is 1.78. The molecule has 3 rings (SSSR count). The second-order valence-corrected chi connectivity index (χ2v) is 6.41. The van der Waals surface area contributed by atoms with Crippen molar-refractivity contribution in [1.82, 2.24) is 15.2 Å². The fraction of sp³-hybridized carbons (Fsp3) is 0.0667. The fourth-order valence-corrected chi connectivity index (χ4v) is 2.68. The number of hydrogen-bond donors (Lipinski definition) is 1. The second kappa shape index (κ2) is 7.54. The summed E-state index contributed by atoms with van der Waals surface area (Å²) in [5.41, 5.74) is 0.859. The number of benzene rings is 1. The highest BCUT2D eigenvalue weighted by atomic mass is 79.9. The molecule has 2 heterocycles. The first-order chi connectivity index (χ1) is 11.6. The molecule has 0 aliphatic heterocycles. The lowest BCUT2D eigenvalue weighted by Gasteiger charge is -2.05. The number of hydrogen-bond acceptors (Lipinski definition) is 6. The van der Waals surface area contributed by atoms with Crippen LogP contribution in [0.5, 0.6) is 0 Å². The van der Waals surface area contributed by atoms with Crippen LogP contribution < -0.4 is 5.32 Å². The summed E-state index contributed by atoms with van der Waals surface area (Å²) in [6.45, 7) is 0. The number of rotatable bonds is 5. The molecule has 0 saturated carbocycles. The maximum Gasteiger partial charge on any atom is 0.277 e. The van der Waals surface area contributed by atoms with Crippen molar-refractivity contribution in [2.45, 2.75) is 5.22 Å². The third-order valence-corrected chi connectivity index (χ3v) is 4.18. The van der Waals surface area contributed by atoms with Crippen molar-refractivity contribution < 1.29 is 13.6 Å². The normalized spacial score (nSPS) is 10.6. The summed E-state index contributed by atoms with van der Waals surface area (Å²) < 4.78 is 19.7. The maximum absolute atomic E-state index is 13.7. The van der Waals surface area contributed by atoms with E-state index in [1.165, 1.54) is 12.1 Å². The minimum absolute atomic E-state index is 0.0213. The van der Waals surface area contributed by atoms with E-state index in [2.05, 4.69) is 36.4 Å². The standard InChI is InChI=1S/C15H10BrFN4O2S/c16-10-1-2-12(11(17)7-10)19-13(22)8-24-15-21-20-14(23-15)9-3-5-18-6-4-9/h1-7H,8H2,(H,19,22). The van der Waals surface area contributed by atoms with E-state index in [4.69, 9.17) is 4.42 Å². The van der Waals surface area contributed by atoms with Gasteiger partial charge in [-0.2, -0.15) is 0 Å². The Hall–Kier alpha value is -2.26. The van der Waals surface area contributed by atoms with Gasteiger partial charge < -0.3 is 9.73 Å². The number of amides is 1. The summed E-state index contributed by atoms with van der Waals surface area (Å²) in [4.78, 5) is 15.8. The third kappa shape index (κ3) is 4.18. The molecule has 3 aromatic rings. The summed E-state index contributed by atoms with van der Waals surface area (Å²) in [5, 5.41) is 10.5. The summed E-state index contributed by atoms with van der Waals surface area (Å²) >= 11 is 4.23. The van der Waals surface area contributed by atoms with Gasteiger partial charge in [0.1, 0.15) is 5.82 Å². The van der Waals surface area contributed by atoms with E-state index < -0.39 is 5.82 Å². The van der Waals surface area contributed by atoms with Crippen LogP contribution in [0, 0.1) is 5.82 Å². The Kier molecular flexibility index (Phi) is 5.21. The Bertz CT molecular complexity index is 860. The van der Waals surface area contributed by atoms with E-state index in [-0.39, 0.29) is 22.6 Å². The smallest absolute Gasteiger partial charge is 0.277 e. The minimum Gasteiger partial charge on any atom is -0.411 e. The van der Waals surface area contributed by atoms with Crippen LogP contribution in [0.2, 0.25) is 0 Å². The van der Waals surface area contributed by atoms with Gasteiger partial charge in [-0.15, -0.1) is 10.2 Å². The van der Waals surface area contributed by atoms with E-state index in [0.29, 0.717) is 10.4 Å². The number of carbonyl (C=O) groups excluding carboxylic acids is 1. The lowest BCUT2D eigenvalue weighted by Crippen LogP contribution is -2.15. The van der Waals surface area contributed by atoms with Gasteiger partial charge in [-0.1, -0.05) is 27.7 Å². The van der Waals surface area contributed by atoms with Gasteiger partial charge in [0.15, 0.2) is 0 Å². The van der Waals surface area contributed by atoms with Gasteiger partial charge in [-0.3, -0.25) is 9.78 Å². The average Bonchev–Trinajstić information content (AvgIpc) is 3.05. The van der Waals surface area contributed by atoms with Crippen LogP contribution in [0.25, 0.3) is 11.5 Å². The molecule has 0 spiro atoms. The molecule has 1 amide bonds. The van der Waals surface area contributed by atoms with Crippen molar-refractivity contribution >= 4 is 39.3 Å². The van der Waals surface area contributed by atoms with Crippen LogP contribution in [-0.4, -0.2) is 26.8 Å². The van der Waals surface area contributed by atoms with Gasteiger partial charge in [0, 0.05) is 22.4 Å². The first-order valence-corrected chi connectivity index (χ1v) is 8.51. The number of nitrogens with zero attached hydrogens (tertiary/aromatic N) is 3. The average molecular weight is 409 g/mol. The molecule has 0 unspecified atom stereocenters. The molecule has 0 bridgehead atoms. The molecule has 122 valence electrons. The number of thioether (sulfide) groups is 1. The summed E-state index contributed by atoms with van der Waals surface area (Å²) in [5.74, 6) is -0.516. The molecule has 0 aliphatic carbocycles. The number of nitrogens with one attached hydrogen (secondary N) is 1. The number of anilines is 1. The van der Waals surface area contributed by atoms with Gasteiger partial charge in [-0.05, 0) is 30.3 Å². The van der Waals surface area contributed by atoms with Crippen molar-refractivity contribution in [3.63, 3.8) is 0 Å². The minimum atomic E-state index is -0.513. The number of carbonyl (C=O) groups is 1. The SMILES string of the molecule is O=C(CSc1nnc(-c2ccncc2)o1)Nc1ccc(Br)cc1F. The van der Waals surface area contributed by atoms with E-state index >= 15 is 0 Å². The van der Waals surface area contributed by atoms with Crippen molar-refractivity contribution in [1.29, 1.82) is 0 Å². The Morgan fingerprint density at radius 2 is 2.04 bits per heavy atom. The Morgan fingerprint density at radius 3 is 2.79 bits per heavy atom. The Morgan fingerprint density at radius 1 is 1.25 bits per heavy atom.